The first-order chi connectivity index (χ1) is 14.4. The van der Waals surface area contributed by atoms with Gasteiger partial charge in [-0.1, -0.05) is 19.1 Å². The van der Waals surface area contributed by atoms with Crippen LogP contribution in [-0.4, -0.2) is 30.4 Å². The van der Waals surface area contributed by atoms with Gasteiger partial charge in [0.25, 0.3) is 0 Å². The molecule has 0 radical (unpaired) electrons. The standard InChI is InChI=1S/C24H32F2O4/c1-16(14-29-23-13-19(25)9-11-21(23)26)5-7-18-8-12-22-20(18)10-6-17(15-30-22)3-2-4-24(27)28/h5,7,9,11,13,16-18,20,22H,2-4,6,8,10,12,14-15H2,1H3,(H,27,28)/b7-5+/t16-,17+,18+,20-,22+/m1/s1. The molecule has 1 aliphatic heterocycles. The Bertz CT molecular complexity index is 736. The normalized spacial score (nSPS) is 27.6. The smallest absolute Gasteiger partial charge is 0.303 e. The van der Waals surface area contributed by atoms with Gasteiger partial charge in [-0.25, -0.2) is 8.78 Å². The predicted octanol–water partition coefficient (Wildman–Crippen LogP) is 5.61. The van der Waals surface area contributed by atoms with Gasteiger partial charge in [0, 0.05) is 25.0 Å². The highest BCUT2D eigenvalue weighted by molar-refractivity contribution is 5.66. The number of carbonyl (C=O) groups is 1. The van der Waals surface area contributed by atoms with Crippen molar-refractivity contribution in [3.63, 3.8) is 0 Å². The van der Waals surface area contributed by atoms with Crippen molar-refractivity contribution in [2.75, 3.05) is 13.2 Å². The van der Waals surface area contributed by atoms with Crippen molar-refractivity contribution in [1.82, 2.24) is 0 Å². The lowest BCUT2D eigenvalue weighted by molar-refractivity contribution is -0.137. The zero-order valence-electron chi connectivity index (χ0n) is 17.6. The van der Waals surface area contributed by atoms with E-state index in [-0.39, 0.29) is 24.2 Å². The summed E-state index contributed by atoms with van der Waals surface area (Å²) in [6, 6.07) is 3.22. The topological polar surface area (TPSA) is 55.8 Å². The molecule has 30 heavy (non-hydrogen) atoms. The van der Waals surface area contributed by atoms with E-state index < -0.39 is 17.6 Å². The molecule has 3 rings (SSSR count). The fraction of sp³-hybridized carbons (Fsp3) is 0.625. The molecule has 1 aliphatic carbocycles. The number of ether oxygens (including phenoxy) is 2. The molecule has 0 unspecified atom stereocenters. The molecular weight excluding hydrogens is 390 g/mol. The maximum Gasteiger partial charge on any atom is 0.303 e. The van der Waals surface area contributed by atoms with Gasteiger partial charge in [-0.2, -0.15) is 0 Å². The molecule has 1 saturated heterocycles. The summed E-state index contributed by atoms with van der Waals surface area (Å²) in [4.78, 5) is 10.7. The highest BCUT2D eigenvalue weighted by Crippen LogP contribution is 2.41. The number of rotatable bonds is 9. The van der Waals surface area contributed by atoms with Gasteiger partial charge in [-0.15, -0.1) is 0 Å². The zero-order valence-corrected chi connectivity index (χ0v) is 17.6. The molecule has 2 aliphatic rings. The summed E-state index contributed by atoms with van der Waals surface area (Å²) >= 11 is 0. The Labute approximate surface area is 177 Å². The van der Waals surface area contributed by atoms with Gasteiger partial charge in [0.05, 0.1) is 12.7 Å². The Kier molecular flexibility index (Phi) is 8.25. The minimum atomic E-state index is -0.732. The fourth-order valence-electron chi connectivity index (χ4n) is 4.64. The van der Waals surface area contributed by atoms with Crippen LogP contribution >= 0.6 is 0 Å². The van der Waals surface area contributed by atoms with Gasteiger partial charge in [0.1, 0.15) is 5.82 Å². The number of benzene rings is 1. The molecule has 0 bridgehead atoms. The molecule has 1 N–H and O–H groups in total. The summed E-state index contributed by atoms with van der Waals surface area (Å²) < 4.78 is 38.6. The van der Waals surface area contributed by atoms with Crippen molar-refractivity contribution in [1.29, 1.82) is 0 Å². The highest BCUT2D eigenvalue weighted by Gasteiger charge is 2.37. The van der Waals surface area contributed by atoms with E-state index in [0.717, 1.165) is 56.9 Å². The van der Waals surface area contributed by atoms with Gasteiger partial charge in [-0.05, 0) is 68.4 Å². The van der Waals surface area contributed by atoms with Crippen LogP contribution in [0, 0.1) is 35.3 Å². The molecule has 1 aromatic rings. The largest absolute Gasteiger partial charge is 0.490 e. The van der Waals surface area contributed by atoms with Gasteiger partial charge >= 0.3 is 5.97 Å². The minimum Gasteiger partial charge on any atom is -0.490 e. The third-order valence-corrected chi connectivity index (χ3v) is 6.35. The number of fused-ring (bicyclic) bond motifs is 1. The van der Waals surface area contributed by atoms with Crippen LogP contribution in [0.25, 0.3) is 0 Å². The van der Waals surface area contributed by atoms with Crippen LogP contribution < -0.4 is 4.74 Å². The van der Waals surface area contributed by atoms with Gasteiger partial charge in [-0.3, -0.25) is 4.79 Å². The second-order valence-corrected chi connectivity index (χ2v) is 8.75. The first kappa shape index (κ1) is 22.7. The summed E-state index contributed by atoms with van der Waals surface area (Å²) in [6.45, 7) is 3.03. The Balaban J connectivity index is 1.46. The van der Waals surface area contributed by atoms with Gasteiger partial charge < -0.3 is 14.6 Å². The third kappa shape index (κ3) is 6.53. The first-order valence-corrected chi connectivity index (χ1v) is 11.0. The van der Waals surface area contributed by atoms with Crippen molar-refractivity contribution >= 4 is 5.97 Å². The molecule has 6 heteroatoms. The van der Waals surface area contributed by atoms with Crippen LogP contribution in [0.2, 0.25) is 0 Å². The average molecular weight is 423 g/mol. The number of hydrogen-bond acceptors (Lipinski definition) is 3. The molecular formula is C24H32F2O4. The molecule has 1 heterocycles. The van der Waals surface area contributed by atoms with Crippen molar-refractivity contribution in [3.8, 4) is 5.75 Å². The van der Waals surface area contributed by atoms with Gasteiger partial charge in [0.15, 0.2) is 11.6 Å². The molecule has 0 spiro atoms. The van der Waals surface area contributed by atoms with Crippen LogP contribution in [0.4, 0.5) is 8.78 Å². The van der Waals surface area contributed by atoms with E-state index in [2.05, 4.69) is 12.2 Å². The summed E-state index contributed by atoms with van der Waals surface area (Å²) in [5.41, 5.74) is 0. The van der Waals surface area contributed by atoms with Crippen molar-refractivity contribution in [2.45, 2.75) is 58.0 Å². The molecule has 2 fully saturated rings. The number of carboxylic acids is 1. The summed E-state index contributed by atoms with van der Waals surface area (Å²) in [5.74, 6) is -0.357. The summed E-state index contributed by atoms with van der Waals surface area (Å²) in [5, 5.41) is 8.81. The second kappa shape index (κ2) is 10.9. The molecule has 0 aromatic heterocycles. The number of aliphatic carboxylic acids is 1. The summed E-state index contributed by atoms with van der Waals surface area (Å²) in [6.07, 6.45) is 10.9. The maximum absolute atomic E-state index is 13.7. The third-order valence-electron chi connectivity index (χ3n) is 6.35. The monoisotopic (exact) mass is 422 g/mol. The van der Waals surface area contributed by atoms with E-state index in [1.165, 1.54) is 0 Å². The Hall–Kier alpha value is -1.95. The molecule has 166 valence electrons. The number of allylic oxidation sites excluding steroid dienone is 1. The lowest BCUT2D eigenvalue weighted by Gasteiger charge is -2.20. The van der Waals surface area contributed by atoms with Crippen LogP contribution in [0.1, 0.15) is 51.9 Å². The Morgan fingerprint density at radius 1 is 1.30 bits per heavy atom. The average Bonchev–Trinajstić information content (AvgIpc) is 2.98. The first-order valence-electron chi connectivity index (χ1n) is 11.0. The van der Waals surface area contributed by atoms with Gasteiger partial charge in [0.2, 0.25) is 0 Å². The number of hydrogen-bond donors (Lipinski definition) is 1. The minimum absolute atomic E-state index is 0.0534. The summed E-state index contributed by atoms with van der Waals surface area (Å²) in [7, 11) is 0. The van der Waals surface area contributed by atoms with Crippen LogP contribution in [0.15, 0.2) is 30.4 Å². The zero-order chi connectivity index (χ0) is 21.5. The second-order valence-electron chi connectivity index (χ2n) is 8.75. The predicted molar refractivity (Wildman–Crippen MR) is 110 cm³/mol. The quantitative estimate of drug-likeness (QED) is 0.526. The number of halogens is 2. The van der Waals surface area contributed by atoms with E-state index >= 15 is 0 Å². The fourth-order valence-corrected chi connectivity index (χ4v) is 4.64. The lowest BCUT2D eigenvalue weighted by Crippen LogP contribution is -2.20. The van der Waals surface area contributed by atoms with E-state index in [0.29, 0.717) is 30.8 Å². The maximum atomic E-state index is 13.7. The molecule has 1 saturated carbocycles. The number of carboxylic acid groups (broad SMARTS) is 1. The Morgan fingerprint density at radius 3 is 2.93 bits per heavy atom. The van der Waals surface area contributed by atoms with E-state index in [9.17, 15) is 13.6 Å². The molecule has 5 atom stereocenters. The lowest BCUT2D eigenvalue weighted by atomic mass is 9.86. The van der Waals surface area contributed by atoms with Crippen molar-refractivity contribution < 1.29 is 28.2 Å². The molecule has 1 aromatic carbocycles. The Morgan fingerprint density at radius 2 is 2.13 bits per heavy atom. The van der Waals surface area contributed by atoms with Crippen LogP contribution in [-0.2, 0) is 9.53 Å². The van der Waals surface area contributed by atoms with E-state index in [1.807, 2.05) is 6.92 Å². The molecule has 0 amide bonds. The van der Waals surface area contributed by atoms with E-state index in [4.69, 9.17) is 14.6 Å². The van der Waals surface area contributed by atoms with Crippen LogP contribution in [0.3, 0.4) is 0 Å². The van der Waals surface area contributed by atoms with Crippen LogP contribution in [0.5, 0.6) is 5.75 Å². The molecule has 4 nitrogen and oxygen atoms in total. The SMILES string of the molecule is C[C@H](/C=C/[C@H]1CC[C@@H]2OC[C@@H](CCCC(=O)O)CC[C@@H]21)COc1cc(F)ccc1F. The van der Waals surface area contributed by atoms with Crippen molar-refractivity contribution in [3.05, 3.63) is 42.0 Å². The van der Waals surface area contributed by atoms with E-state index in [1.54, 1.807) is 0 Å². The highest BCUT2D eigenvalue weighted by atomic mass is 19.1. The van der Waals surface area contributed by atoms with Crippen molar-refractivity contribution in [2.24, 2.45) is 23.7 Å².